The molecule has 190 valence electrons. The first-order valence-electron chi connectivity index (χ1n) is 11.5. The SMILES string of the molecule is CC(C)c1ccc(N2C(=O)CC(N(Cc3ccccc3Cl)C(=O)c3ccc(Cl)c([N+](=O)[O-])c3)C2=O)cc1. The number of carbonyl (C=O) groups is 3. The van der Waals surface area contributed by atoms with Crippen molar-refractivity contribution in [1.29, 1.82) is 0 Å². The summed E-state index contributed by atoms with van der Waals surface area (Å²) in [7, 11) is 0. The molecule has 4 rings (SSSR count). The van der Waals surface area contributed by atoms with E-state index in [1.807, 2.05) is 26.0 Å². The quantitative estimate of drug-likeness (QED) is 0.208. The van der Waals surface area contributed by atoms with Crippen LogP contribution in [0.2, 0.25) is 10.0 Å². The van der Waals surface area contributed by atoms with E-state index >= 15 is 0 Å². The molecule has 10 heteroatoms. The summed E-state index contributed by atoms with van der Waals surface area (Å²) in [6.07, 6.45) is -0.239. The van der Waals surface area contributed by atoms with Crippen LogP contribution in [0.3, 0.4) is 0 Å². The van der Waals surface area contributed by atoms with Crippen LogP contribution in [0.4, 0.5) is 11.4 Å². The highest BCUT2D eigenvalue weighted by molar-refractivity contribution is 6.33. The van der Waals surface area contributed by atoms with E-state index in [2.05, 4.69) is 0 Å². The van der Waals surface area contributed by atoms with Crippen LogP contribution >= 0.6 is 23.2 Å². The number of anilines is 1. The molecule has 0 saturated carbocycles. The van der Waals surface area contributed by atoms with Crippen LogP contribution in [0.15, 0.2) is 66.7 Å². The van der Waals surface area contributed by atoms with Crippen LogP contribution in [0.25, 0.3) is 0 Å². The van der Waals surface area contributed by atoms with E-state index in [4.69, 9.17) is 23.2 Å². The fourth-order valence-corrected chi connectivity index (χ4v) is 4.61. The number of imide groups is 1. The second-order valence-corrected chi connectivity index (χ2v) is 9.80. The highest BCUT2D eigenvalue weighted by Crippen LogP contribution is 2.31. The van der Waals surface area contributed by atoms with Gasteiger partial charge in [0.05, 0.1) is 17.0 Å². The minimum atomic E-state index is -1.13. The molecule has 3 aromatic rings. The molecule has 1 heterocycles. The standard InChI is InChI=1S/C27H23Cl2N3O5/c1-16(2)17-7-10-20(11-8-17)31-25(33)14-24(27(31)35)30(15-19-5-3-4-6-21(19)28)26(34)18-9-12-22(29)23(13-18)32(36)37/h3-13,16,24H,14-15H2,1-2H3. The number of carbonyl (C=O) groups excluding carboxylic acids is 3. The predicted molar refractivity (Wildman–Crippen MR) is 141 cm³/mol. The van der Waals surface area contributed by atoms with Crippen LogP contribution in [0.1, 0.15) is 47.7 Å². The fraction of sp³-hybridized carbons (Fsp3) is 0.222. The molecular weight excluding hydrogens is 517 g/mol. The smallest absolute Gasteiger partial charge is 0.288 e. The Morgan fingerprint density at radius 1 is 1.05 bits per heavy atom. The average Bonchev–Trinajstić information content (AvgIpc) is 3.16. The van der Waals surface area contributed by atoms with Gasteiger partial charge in [-0.1, -0.05) is 67.4 Å². The molecule has 0 bridgehead atoms. The fourth-order valence-electron chi connectivity index (χ4n) is 4.22. The van der Waals surface area contributed by atoms with Crippen LogP contribution in [0.5, 0.6) is 0 Å². The maximum atomic E-state index is 13.7. The number of rotatable bonds is 7. The van der Waals surface area contributed by atoms with Crippen LogP contribution in [0, 0.1) is 10.1 Å². The van der Waals surface area contributed by atoms with E-state index in [0.29, 0.717) is 16.3 Å². The summed E-state index contributed by atoms with van der Waals surface area (Å²) < 4.78 is 0. The molecule has 0 N–H and O–H groups in total. The topological polar surface area (TPSA) is 101 Å². The van der Waals surface area contributed by atoms with E-state index in [-0.39, 0.29) is 29.5 Å². The third-order valence-corrected chi connectivity index (χ3v) is 6.95. The number of nitro groups is 1. The van der Waals surface area contributed by atoms with E-state index in [1.165, 1.54) is 17.0 Å². The number of nitro benzene ring substituents is 1. The number of nitrogens with zero attached hydrogens (tertiary/aromatic N) is 3. The highest BCUT2D eigenvalue weighted by atomic mass is 35.5. The molecule has 3 aromatic carbocycles. The zero-order valence-corrected chi connectivity index (χ0v) is 21.6. The van der Waals surface area contributed by atoms with Crippen molar-refractivity contribution in [3.63, 3.8) is 0 Å². The molecule has 8 nitrogen and oxygen atoms in total. The van der Waals surface area contributed by atoms with Gasteiger partial charge in [0.2, 0.25) is 5.91 Å². The first-order chi connectivity index (χ1) is 17.6. The molecule has 0 aliphatic carbocycles. The Kier molecular flexibility index (Phi) is 7.61. The van der Waals surface area contributed by atoms with Crippen molar-refractivity contribution < 1.29 is 19.3 Å². The average molecular weight is 540 g/mol. The van der Waals surface area contributed by atoms with Crippen molar-refractivity contribution in [3.8, 4) is 0 Å². The summed E-state index contributed by atoms with van der Waals surface area (Å²) in [4.78, 5) is 53.3. The largest absolute Gasteiger partial charge is 0.322 e. The monoisotopic (exact) mass is 539 g/mol. The van der Waals surface area contributed by atoms with E-state index in [9.17, 15) is 24.5 Å². The lowest BCUT2D eigenvalue weighted by atomic mass is 10.0. The number of halogens is 2. The van der Waals surface area contributed by atoms with Crippen molar-refractivity contribution in [2.24, 2.45) is 0 Å². The lowest BCUT2D eigenvalue weighted by Gasteiger charge is -2.28. The van der Waals surface area contributed by atoms with Crippen molar-refractivity contribution in [2.45, 2.75) is 38.8 Å². The summed E-state index contributed by atoms with van der Waals surface area (Å²) >= 11 is 12.3. The minimum absolute atomic E-state index is 0.0388. The van der Waals surface area contributed by atoms with Gasteiger partial charge in [-0.3, -0.25) is 24.5 Å². The zero-order valence-electron chi connectivity index (χ0n) is 20.1. The van der Waals surface area contributed by atoms with E-state index in [0.717, 1.165) is 16.5 Å². The Bertz CT molecular complexity index is 1390. The molecular formula is C27H23Cl2N3O5. The number of hydrogen-bond donors (Lipinski definition) is 0. The normalized spacial score (nSPS) is 15.4. The van der Waals surface area contributed by atoms with Gasteiger partial charge in [-0.15, -0.1) is 0 Å². The van der Waals surface area contributed by atoms with Crippen molar-refractivity contribution >= 4 is 52.3 Å². The van der Waals surface area contributed by atoms with Crippen LogP contribution in [-0.2, 0) is 16.1 Å². The molecule has 0 radical (unpaired) electrons. The third-order valence-electron chi connectivity index (χ3n) is 6.27. The summed E-state index contributed by atoms with van der Waals surface area (Å²) in [5, 5.41) is 11.6. The molecule has 1 aliphatic heterocycles. The maximum Gasteiger partial charge on any atom is 0.288 e. The Labute approximate surface area is 223 Å². The van der Waals surface area contributed by atoms with Gasteiger partial charge in [-0.05, 0) is 47.4 Å². The molecule has 1 unspecified atom stereocenters. The summed E-state index contributed by atoms with van der Waals surface area (Å²) in [6.45, 7) is 3.99. The van der Waals surface area contributed by atoms with Crippen LogP contribution < -0.4 is 4.90 Å². The molecule has 1 atom stereocenters. The zero-order chi connectivity index (χ0) is 26.9. The van der Waals surface area contributed by atoms with Gasteiger partial charge < -0.3 is 4.90 Å². The molecule has 1 saturated heterocycles. The van der Waals surface area contributed by atoms with Gasteiger partial charge in [0.1, 0.15) is 11.1 Å². The maximum absolute atomic E-state index is 13.7. The highest BCUT2D eigenvalue weighted by Gasteiger charge is 2.45. The Balaban J connectivity index is 1.72. The second kappa shape index (κ2) is 10.7. The van der Waals surface area contributed by atoms with Gasteiger partial charge >= 0.3 is 0 Å². The Morgan fingerprint density at radius 3 is 2.35 bits per heavy atom. The van der Waals surface area contributed by atoms with Crippen molar-refractivity contribution in [3.05, 3.63) is 104 Å². The second-order valence-electron chi connectivity index (χ2n) is 8.98. The first-order valence-corrected chi connectivity index (χ1v) is 12.3. The molecule has 37 heavy (non-hydrogen) atoms. The third kappa shape index (κ3) is 5.35. The number of hydrogen-bond acceptors (Lipinski definition) is 5. The Hall–Kier alpha value is -3.75. The van der Waals surface area contributed by atoms with Gasteiger partial charge in [0.15, 0.2) is 0 Å². The van der Waals surface area contributed by atoms with Gasteiger partial charge in [0, 0.05) is 23.2 Å². The van der Waals surface area contributed by atoms with E-state index < -0.39 is 34.4 Å². The minimum Gasteiger partial charge on any atom is -0.322 e. The molecule has 0 spiro atoms. The van der Waals surface area contributed by atoms with Crippen molar-refractivity contribution in [1.82, 2.24) is 4.90 Å². The molecule has 1 aliphatic rings. The Morgan fingerprint density at radius 2 is 1.73 bits per heavy atom. The number of benzene rings is 3. The molecule has 0 aromatic heterocycles. The van der Waals surface area contributed by atoms with Crippen molar-refractivity contribution in [2.75, 3.05) is 4.90 Å². The first kappa shape index (κ1) is 26.3. The summed E-state index contributed by atoms with van der Waals surface area (Å²) in [5.74, 6) is -1.40. The van der Waals surface area contributed by atoms with Crippen LogP contribution in [-0.4, -0.2) is 33.6 Å². The lowest BCUT2D eigenvalue weighted by Crippen LogP contribution is -2.45. The molecule has 3 amide bonds. The van der Waals surface area contributed by atoms with E-state index in [1.54, 1.807) is 36.4 Å². The van der Waals surface area contributed by atoms with Gasteiger partial charge in [-0.2, -0.15) is 0 Å². The van der Waals surface area contributed by atoms with Gasteiger partial charge in [0.25, 0.3) is 17.5 Å². The molecule has 1 fully saturated rings. The predicted octanol–water partition coefficient (Wildman–Crippen LogP) is 6.00. The number of amides is 3. The lowest BCUT2D eigenvalue weighted by molar-refractivity contribution is -0.384. The summed E-state index contributed by atoms with van der Waals surface area (Å²) in [5.41, 5.74) is 1.54. The summed E-state index contributed by atoms with van der Waals surface area (Å²) in [6, 6.07) is 16.5. The van der Waals surface area contributed by atoms with Gasteiger partial charge in [-0.25, -0.2) is 4.90 Å².